The second-order valence-electron chi connectivity index (χ2n) is 23.4. The van der Waals surface area contributed by atoms with Crippen molar-refractivity contribution in [2.24, 2.45) is 0 Å². The molecule has 6 aromatic carbocycles. The monoisotopic (exact) mass is 872 g/mol. The number of furan rings is 1. The van der Waals surface area contributed by atoms with E-state index in [1.165, 1.54) is 115 Å². The topological polar surface area (TPSA) is 19.6 Å². The van der Waals surface area contributed by atoms with E-state index < -0.39 is 0 Å². The summed E-state index contributed by atoms with van der Waals surface area (Å²) in [5.41, 5.74) is 22.3. The van der Waals surface area contributed by atoms with Gasteiger partial charge in [0.1, 0.15) is 5.58 Å². The molecule has 5 heteroatoms. The van der Waals surface area contributed by atoms with Gasteiger partial charge in [0.05, 0.1) is 11.4 Å². The Bertz CT molecular complexity index is 3180. The summed E-state index contributed by atoms with van der Waals surface area (Å²) in [6, 6.07) is 40.1. The molecule has 0 radical (unpaired) electrons. The largest absolute Gasteiger partial charge is 0.440 e. The number of rotatable bonds is 3. The van der Waals surface area contributed by atoms with Gasteiger partial charge in [-0.15, -0.1) is 11.3 Å². The van der Waals surface area contributed by atoms with Gasteiger partial charge in [-0.05, 0) is 170 Å². The van der Waals surface area contributed by atoms with Gasteiger partial charge >= 0.3 is 0 Å². The van der Waals surface area contributed by atoms with Gasteiger partial charge in [0.15, 0.2) is 0 Å². The Morgan fingerprint density at radius 2 is 1.00 bits per heavy atom. The first-order valence-electron chi connectivity index (χ1n) is 23.6. The maximum atomic E-state index is 7.36. The SMILES string of the molecule is Cc1cc(-c2cc3ccccc3s2)cc(C)c1N1c2ccc(C(C)(C)C)cc2B2c3c1cc(C(C)(C)C)cc3N(c1c(C)cc(C(C)(C)C)cc1C)c1oc3ccc(C(C)(C)C)cc3c12. The summed E-state index contributed by atoms with van der Waals surface area (Å²) in [7, 11) is 0. The van der Waals surface area contributed by atoms with Crippen LogP contribution in [0.4, 0.5) is 34.3 Å². The third-order valence-corrected chi connectivity index (χ3v) is 15.5. The fourth-order valence-corrected chi connectivity index (χ4v) is 11.7. The molecule has 0 aliphatic carbocycles. The standard InChI is InChI=1S/C60H65BN2OS/c1-34-25-39(51-29-38-19-17-18-20-50(38)65-51)26-35(2)54(34)62-46-23-21-41(58(8,9)10)31-45(46)61-52-44-30-40(57(5,6)7)22-24-49(44)64-56(52)63(48-33-43(60(14,15)16)32-47(62)53(48)61)55-36(3)27-42(28-37(55)4)59(11,12)13/h17-33H,1-16H3. The lowest BCUT2D eigenvalue weighted by molar-refractivity contribution is 0.587. The number of hydrogen-bond donors (Lipinski definition) is 0. The molecule has 2 aliphatic heterocycles. The Morgan fingerprint density at radius 3 is 1.60 bits per heavy atom. The Morgan fingerprint density at radius 1 is 0.477 bits per heavy atom. The maximum absolute atomic E-state index is 7.36. The van der Waals surface area contributed by atoms with E-state index >= 15 is 0 Å². The molecular weight excluding hydrogens is 808 g/mol. The highest BCUT2D eigenvalue weighted by Gasteiger charge is 2.48. The molecule has 2 aliphatic rings. The van der Waals surface area contributed by atoms with E-state index in [1.807, 2.05) is 11.3 Å². The van der Waals surface area contributed by atoms with Crippen molar-refractivity contribution in [2.45, 2.75) is 132 Å². The van der Waals surface area contributed by atoms with Gasteiger partial charge in [-0.2, -0.15) is 0 Å². The van der Waals surface area contributed by atoms with E-state index in [0.717, 1.165) is 11.5 Å². The van der Waals surface area contributed by atoms with Crippen LogP contribution in [0.15, 0.2) is 108 Å². The van der Waals surface area contributed by atoms with Crippen LogP contribution in [0.5, 0.6) is 0 Å². The molecule has 0 bridgehead atoms. The normalized spacial score (nSPS) is 14.1. The molecule has 2 aromatic heterocycles. The van der Waals surface area contributed by atoms with Crippen molar-refractivity contribution in [3.63, 3.8) is 0 Å². The van der Waals surface area contributed by atoms with Crippen LogP contribution in [0.25, 0.3) is 31.5 Å². The van der Waals surface area contributed by atoms with E-state index in [2.05, 4.69) is 224 Å². The first-order chi connectivity index (χ1) is 30.4. The zero-order valence-electron chi connectivity index (χ0n) is 41.6. The van der Waals surface area contributed by atoms with Crippen LogP contribution in [0.3, 0.4) is 0 Å². The summed E-state index contributed by atoms with van der Waals surface area (Å²) in [5, 5.41) is 2.49. The molecule has 65 heavy (non-hydrogen) atoms. The molecule has 0 N–H and O–H groups in total. The molecule has 0 unspecified atom stereocenters. The van der Waals surface area contributed by atoms with Crippen LogP contribution in [0.2, 0.25) is 0 Å². The second kappa shape index (κ2) is 14.5. The van der Waals surface area contributed by atoms with Crippen molar-refractivity contribution in [1.82, 2.24) is 0 Å². The van der Waals surface area contributed by atoms with Gasteiger partial charge in [0.2, 0.25) is 5.88 Å². The molecule has 330 valence electrons. The number of hydrogen-bond acceptors (Lipinski definition) is 4. The smallest absolute Gasteiger partial charge is 0.257 e. The first-order valence-corrected chi connectivity index (χ1v) is 24.4. The minimum atomic E-state index is -0.139. The second-order valence-corrected chi connectivity index (χ2v) is 24.5. The summed E-state index contributed by atoms with van der Waals surface area (Å²) < 4.78 is 8.68. The molecule has 0 atom stereocenters. The predicted octanol–water partition coefficient (Wildman–Crippen LogP) is 15.8. The molecule has 0 fully saturated rings. The van der Waals surface area contributed by atoms with Crippen LogP contribution >= 0.6 is 11.3 Å². The third-order valence-electron chi connectivity index (χ3n) is 14.3. The molecule has 4 heterocycles. The lowest BCUT2D eigenvalue weighted by Gasteiger charge is -2.45. The molecule has 0 spiro atoms. The van der Waals surface area contributed by atoms with Crippen molar-refractivity contribution in [3.05, 3.63) is 148 Å². The van der Waals surface area contributed by atoms with E-state index in [0.29, 0.717) is 0 Å². The Kier molecular flexibility index (Phi) is 9.67. The number of nitrogens with zero attached hydrogens (tertiary/aromatic N) is 2. The lowest BCUT2D eigenvalue weighted by atomic mass is 9.33. The Labute approximate surface area is 392 Å². The Hall–Kier alpha value is -5.52. The fourth-order valence-electron chi connectivity index (χ4n) is 10.7. The van der Waals surface area contributed by atoms with E-state index in [9.17, 15) is 0 Å². The number of fused-ring (bicyclic) bond motifs is 7. The number of thiophene rings is 1. The molecular formula is C60H65BN2OS. The molecule has 0 saturated carbocycles. The van der Waals surface area contributed by atoms with Gasteiger partial charge in [-0.25, -0.2) is 0 Å². The highest BCUT2D eigenvalue weighted by Crippen LogP contribution is 2.51. The van der Waals surface area contributed by atoms with Crippen LogP contribution in [-0.2, 0) is 21.7 Å². The van der Waals surface area contributed by atoms with Gasteiger partial charge in [-0.3, -0.25) is 4.90 Å². The summed E-state index contributed by atoms with van der Waals surface area (Å²) in [5.74, 6) is 0.927. The van der Waals surface area contributed by atoms with Crippen LogP contribution < -0.4 is 26.2 Å². The predicted molar refractivity (Wildman–Crippen MR) is 285 cm³/mol. The average Bonchev–Trinajstić information content (AvgIpc) is 3.82. The summed E-state index contributed by atoms with van der Waals surface area (Å²) in [6.07, 6.45) is 0. The highest BCUT2D eigenvalue weighted by molar-refractivity contribution is 7.22. The van der Waals surface area contributed by atoms with E-state index in [4.69, 9.17) is 4.42 Å². The average molecular weight is 873 g/mol. The summed E-state index contributed by atoms with van der Waals surface area (Å²) in [6.45, 7) is 37.2. The van der Waals surface area contributed by atoms with Crippen molar-refractivity contribution in [2.75, 3.05) is 9.80 Å². The third kappa shape index (κ3) is 6.98. The van der Waals surface area contributed by atoms with Crippen LogP contribution in [0.1, 0.15) is 128 Å². The summed E-state index contributed by atoms with van der Waals surface area (Å²) in [4.78, 5) is 6.47. The summed E-state index contributed by atoms with van der Waals surface area (Å²) >= 11 is 1.88. The van der Waals surface area contributed by atoms with E-state index in [1.54, 1.807) is 0 Å². The highest BCUT2D eigenvalue weighted by atomic mass is 32.1. The molecule has 3 nitrogen and oxygen atoms in total. The van der Waals surface area contributed by atoms with Crippen molar-refractivity contribution >= 4 is 89.8 Å². The zero-order chi connectivity index (χ0) is 46.4. The number of benzene rings is 6. The van der Waals surface area contributed by atoms with Gasteiger partial charge < -0.3 is 9.32 Å². The minimum absolute atomic E-state index is 0.0114. The Balaban J connectivity index is 1.34. The minimum Gasteiger partial charge on any atom is -0.440 e. The molecule has 0 saturated heterocycles. The van der Waals surface area contributed by atoms with E-state index in [-0.39, 0.29) is 28.4 Å². The molecule has 10 rings (SSSR count). The molecule has 0 amide bonds. The number of anilines is 6. The van der Waals surface area contributed by atoms with Gasteiger partial charge in [-0.1, -0.05) is 132 Å². The van der Waals surface area contributed by atoms with Gasteiger partial charge in [0, 0.05) is 37.5 Å². The maximum Gasteiger partial charge on any atom is 0.257 e. The fraction of sp³-hybridized carbons (Fsp3) is 0.333. The van der Waals surface area contributed by atoms with Crippen molar-refractivity contribution < 1.29 is 4.42 Å². The van der Waals surface area contributed by atoms with Gasteiger partial charge in [0.25, 0.3) is 6.71 Å². The van der Waals surface area contributed by atoms with Crippen molar-refractivity contribution in [1.29, 1.82) is 0 Å². The molecule has 8 aromatic rings. The first kappa shape index (κ1) is 43.4. The zero-order valence-corrected chi connectivity index (χ0v) is 42.4. The lowest BCUT2D eigenvalue weighted by Crippen LogP contribution is -2.61. The van der Waals surface area contributed by atoms with Crippen LogP contribution in [0, 0.1) is 27.7 Å². The number of aryl methyl sites for hydroxylation is 4. The van der Waals surface area contributed by atoms with Crippen LogP contribution in [-0.4, -0.2) is 6.71 Å². The quantitative estimate of drug-likeness (QED) is 0.165. The van der Waals surface area contributed by atoms with Crippen molar-refractivity contribution in [3.8, 4) is 10.4 Å².